The van der Waals surface area contributed by atoms with Gasteiger partial charge < -0.3 is 25.0 Å². The van der Waals surface area contributed by atoms with Crippen LogP contribution in [-0.4, -0.2) is 66.5 Å². The third-order valence-electron chi connectivity index (χ3n) is 4.10. The molecule has 3 saturated heterocycles. The Bertz CT molecular complexity index is 280. The topological polar surface area (TPSA) is 71.0 Å². The Labute approximate surface area is 125 Å². The van der Waals surface area contributed by atoms with E-state index in [1.807, 2.05) is 18.8 Å². The van der Waals surface area contributed by atoms with Crippen molar-refractivity contribution in [3.8, 4) is 0 Å². The lowest BCUT2D eigenvalue weighted by molar-refractivity contribution is -0.284. The zero-order valence-electron chi connectivity index (χ0n) is 12.2. The minimum atomic E-state index is -0.920. The zero-order valence-corrected chi connectivity index (χ0v) is 13.0. The molecule has 3 heterocycles. The van der Waals surface area contributed by atoms with Crippen LogP contribution in [0.5, 0.6) is 0 Å². The largest absolute Gasteiger partial charge is 0.390 e. The maximum Gasteiger partial charge on any atom is 0.186 e. The van der Waals surface area contributed by atoms with Gasteiger partial charge in [0.25, 0.3) is 0 Å². The van der Waals surface area contributed by atoms with Crippen LogP contribution in [-0.2, 0) is 9.47 Å². The summed E-state index contributed by atoms with van der Waals surface area (Å²) in [5.41, 5.74) is 0. The molecular weight excluding hydrogens is 278 g/mol. The van der Waals surface area contributed by atoms with Crippen LogP contribution in [0.25, 0.3) is 0 Å². The highest BCUT2D eigenvalue weighted by Gasteiger charge is 2.44. The Balaban J connectivity index is 1.95. The summed E-state index contributed by atoms with van der Waals surface area (Å²) in [6.07, 6.45) is 1.74. The third-order valence-corrected chi connectivity index (χ3v) is 5.15. The predicted molar refractivity (Wildman–Crippen MR) is 79.8 cm³/mol. The number of aliphatic hydroxyl groups is 2. The minimum absolute atomic E-state index is 0.0186. The number of rotatable bonds is 5. The molecule has 0 spiro atoms. The van der Waals surface area contributed by atoms with Crippen molar-refractivity contribution in [3.05, 3.63) is 0 Å². The van der Waals surface area contributed by atoms with Crippen molar-refractivity contribution in [2.45, 2.75) is 50.3 Å². The summed E-state index contributed by atoms with van der Waals surface area (Å²) in [5.74, 6) is 1.88. The average Bonchev–Trinajstić information content (AvgIpc) is 2.46. The zero-order chi connectivity index (χ0) is 14.4. The van der Waals surface area contributed by atoms with E-state index in [4.69, 9.17) is 9.47 Å². The van der Waals surface area contributed by atoms with E-state index in [1.54, 1.807) is 0 Å². The Morgan fingerprint density at radius 3 is 2.85 bits per heavy atom. The molecule has 0 aromatic heterocycles. The van der Waals surface area contributed by atoms with Gasteiger partial charge >= 0.3 is 0 Å². The molecule has 0 radical (unpaired) electrons. The fourth-order valence-electron chi connectivity index (χ4n) is 2.88. The van der Waals surface area contributed by atoms with Crippen molar-refractivity contribution in [1.29, 1.82) is 0 Å². The molecule has 0 aromatic rings. The maximum atomic E-state index is 10.3. The summed E-state index contributed by atoms with van der Waals surface area (Å²) in [7, 11) is 1.94. The molecule has 3 aliphatic rings. The fraction of sp³-hybridized carbons (Fsp3) is 1.00. The van der Waals surface area contributed by atoms with E-state index in [9.17, 15) is 10.2 Å². The second-order valence-electron chi connectivity index (χ2n) is 5.59. The number of hydrogen-bond acceptors (Lipinski definition) is 6. The highest BCUT2D eigenvalue weighted by Crippen LogP contribution is 2.33. The van der Waals surface area contributed by atoms with E-state index in [0.717, 1.165) is 43.7 Å². The maximum absolute atomic E-state index is 10.3. The van der Waals surface area contributed by atoms with Gasteiger partial charge in [-0.2, -0.15) is 11.8 Å². The molecule has 0 amide bonds. The summed E-state index contributed by atoms with van der Waals surface area (Å²) >= 11 is 1.82. The van der Waals surface area contributed by atoms with Crippen LogP contribution in [0.2, 0.25) is 0 Å². The second kappa shape index (κ2) is 8.56. The van der Waals surface area contributed by atoms with Gasteiger partial charge in [-0.25, -0.2) is 0 Å². The molecule has 6 heteroatoms. The van der Waals surface area contributed by atoms with Crippen LogP contribution in [0.4, 0.5) is 0 Å². The van der Waals surface area contributed by atoms with Gasteiger partial charge in [-0.05, 0) is 19.9 Å². The SMILES string of the molecule is CNCCSCC1O[C@@H]2OCCCCCC1[C@H](O)C2O. The second-order valence-corrected chi connectivity index (χ2v) is 6.74. The first-order valence-electron chi connectivity index (χ1n) is 7.59. The molecule has 0 aliphatic carbocycles. The van der Waals surface area contributed by atoms with Crippen LogP contribution < -0.4 is 5.32 Å². The van der Waals surface area contributed by atoms with Gasteiger partial charge in [0.15, 0.2) is 6.29 Å². The van der Waals surface area contributed by atoms with E-state index >= 15 is 0 Å². The normalized spacial score (nSPS) is 38.9. The lowest BCUT2D eigenvalue weighted by atomic mass is 9.85. The molecular formula is C14H27NO4S. The molecule has 3 aliphatic heterocycles. The molecule has 118 valence electrons. The summed E-state index contributed by atoms with van der Waals surface area (Å²) in [4.78, 5) is 0. The molecule has 5 atom stereocenters. The number of fused-ring (bicyclic) bond motifs is 7. The monoisotopic (exact) mass is 305 g/mol. The molecule has 3 rings (SSSR count). The molecule has 3 unspecified atom stereocenters. The van der Waals surface area contributed by atoms with Gasteiger partial charge in [0.1, 0.15) is 6.10 Å². The number of thioether (sulfide) groups is 1. The number of nitrogens with one attached hydrogen (secondary N) is 1. The van der Waals surface area contributed by atoms with Crippen molar-refractivity contribution < 1.29 is 19.7 Å². The van der Waals surface area contributed by atoms with Gasteiger partial charge in [0, 0.05) is 30.6 Å². The highest BCUT2D eigenvalue weighted by molar-refractivity contribution is 7.99. The fourth-order valence-corrected chi connectivity index (χ4v) is 3.95. The van der Waals surface area contributed by atoms with Crippen LogP contribution >= 0.6 is 11.8 Å². The third kappa shape index (κ3) is 4.32. The van der Waals surface area contributed by atoms with Crippen molar-refractivity contribution in [1.82, 2.24) is 5.32 Å². The van der Waals surface area contributed by atoms with Crippen molar-refractivity contribution in [2.24, 2.45) is 5.92 Å². The molecule has 3 N–H and O–H groups in total. The number of ether oxygens (including phenoxy) is 2. The first-order valence-corrected chi connectivity index (χ1v) is 8.75. The summed E-state index contributed by atoms with van der Waals surface area (Å²) in [6.45, 7) is 1.56. The molecule has 0 aromatic carbocycles. The van der Waals surface area contributed by atoms with Gasteiger partial charge in [0.05, 0.1) is 12.2 Å². The first kappa shape index (κ1) is 16.5. The lowest BCUT2D eigenvalue weighted by Crippen LogP contribution is -2.56. The number of hydrogen-bond donors (Lipinski definition) is 3. The van der Waals surface area contributed by atoms with E-state index in [1.165, 1.54) is 0 Å². The van der Waals surface area contributed by atoms with Crippen molar-refractivity contribution >= 4 is 11.8 Å². The standard InChI is InChI=1S/C14H27NO4S/c1-15-6-8-20-9-11-10-5-3-2-4-7-18-14(19-11)13(17)12(10)16/h10-17H,2-9H2,1H3/t10?,11?,12-,13?,14-/m0/s1. The molecule has 5 nitrogen and oxygen atoms in total. The average molecular weight is 305 g/mol. The van der Waals surface area contributed by atoms with Crippen LogP contribution in [0, 0.1) is 5.92 Å². The van der Waals surface area contributed by atoms with Gasteiger partial charge in [0.2, 0.25) is 0 Å². The van der Waals surface area contributed by atoms with Gasteiger partial charge in [-0.15, -0.1) is 0 Å². The predicted octanol–water partition coefficient (Wildman–Crippen LogP) is 0.592. The lowest BCUT2D eigenvalue weighted by Gasteiger charge is -2.43. The van der Waals surface area contributed by atoms with E-state index < -0.39 is 18.5 Å². The van der Waals surface area contributed by atoms with Gasteiger partial charge in [-0.3, -0.25) is 0 Å². The smallest absolute Gasteiger partial charge is 0.186 e. The highest BCUT2D eigenvalue weighted by atomic mass is 32.2. The van der Waals surface area contributed by atoms with Crippen LogP contribution in [0.15, 0.2) is 0 Å². The van der Waals surface area contributed by atoms with Crippen LogP contribution in [0.3, 0.4) is 0 Å². The number of aliphatic hydroxyl groups excluding tert-OH is 2. The minimum Gasteiger partial charge on any atom is -0.390 e. The molecule has 0 saturated carbocycles. The summed E-state index contributed by atoms with van der Waals surface area (Å²) < 4.78 is 11.5. The van der Waals surface area contributed by atoms with Crippen LogP contribution in [0.1, 0.15) is 25.7 Å². The molecule has 3 fully saturated rings. The Morgan fingerprint density at radius 2 is 2.05 bits per heavy atom. The van der Waals surface area contributed by atoms with E-state index in [2.05, 4.69) is 5.32 Å². The van der Waals surface area contributed by atoms with Crippen molar-refractivity contribution in [3.63, 3.8) is 0 Å². The molecule has 2 bridgehead atoms. The first-order chi connectivity index (χ1) is 9.74. The van der Waals surface area contributed by atoms with Crippen molar-refractivity contribution in [2.75, 3.05) is 31.7 Å². The van der Waals surface area contributed by atoms with E-state index in [0.29, 0.717) is 6.61 Å². The Kier molecular flexibility index (Phi) is 7.07. The summed E-state index contributed by atoms with van der Waals surface area (Å²) in [5, 5.41) is 23.6. The quantitative estimate of drug-likeness (QED) is 0.646. The molecule has 20 heavy (non-hydrogen) atoms. The van der Waals surface area contributed by atoms with E-state index in [-0.39, 0.29) is 12.0 Å². The van der Waals surface area contributed by atoms with Gasteiger partial charge in [-0.1, -0.05) is 12.8 Å². The Hall–Kier alpha value is 0.150. The Morgan fingerprint density at radius 1 is 1.20 bits per heavy atom. The summed E-state index contributed by atoms with van der Waals surface area (Å²) in [6, 6.07) is 0.